The van der Waals surface area contributed by atoms with Crippen LogP contribution in [0.1, 0.15) is 60.1 Å². The maximum absolute atomic E-state index is 13.6. The Kier molecular flexibility index (Phi) is 7.85. The lowest BCUT2D eigenvalue weighted by Gasteiger charge is -2.37. The first-order chi connectivity index (χ1) is 16.5. The Morgan fingerprint density at radius 2 is 1.62 bits per heavy atom. The number of nitrogens with one attached hydrogen (secondary N) is 1. The van der Waals surface area contributed by atoms with E-state index < -0.39 is 11.4 Å². The molecule has 2 saturated heterocycles. The van der Waals surface area contributed by atoms with Crippen molar-refractivity contribution in [3.8, 4) is 5.75 Å². The van der Waals surface area contributed by atoms with Gasteiger partial charge in [0.1, 0.15) is 5.75 Å². The fourth-order valence-corrected chi connectivity index (χ4v) is 4.70. The van der Waals surface area contributed by atoms with Gasteiger partial charge in [0.25, 0.3) is 0 Å². The van der Waals surface area contributed by atoms with E-state index in [2.05, 4.69) is 5.32 Å². The number of hydrogen-bond acceptors (Lipinski definition) is 5. The number of hydrogen-bond donors (Lipinski definition) is 2. The molecule has 2 N–H and O–H groups in total. The summed E-state index contributed by atoms with van der Waals surface area (Å²) in [7, 11) is 0. The van der Waals surface area contributed by atoms with Gasteiger partial charge < -0.3 is 24.6 Å². The number of amides is 1. The topological polar surface area (TPSA) is 94.1 Å². The summed E-state index contributed by atoms with van der Waals surface area (Å²) in [4.78, 5) is 24.7. The largest absolute Gasteiger partial charge is 0.493 e. The molecule has 2 heterocycles. The van der Waals surface area contributed by atoms with Crippen LogP contribution in [0, 0.1) is 5.92 Å². The maximum atomic E-state index is 13.6. The predicted molar refractivity (Wildman–Crippen MR) is 127 cm³/mol. The molecule has 2 aromatic rings. The molecule has 4 rings (SSSR count). The molecule has 0 saturated carbocycles. The van der Waals surface area contributed by atoms with E-state index >= 15 is 0 Å². The SMILES string of the molecule is C[C@H](NC(=O)C1(c2ccc(OCC3CCOCC3)cc2)CCOCC1)c1ccc(C(=O)O)cc1. The van der Waals surface area contributed by atoms with E-state index in [4.69, 9.17) is 19.3 Å². The van der Waals surface area contributed by atoms with E-state index in [1.807, 2.05) is 31.2 Å². The highest BCUT2D eigenvalue weighted by molar-refractivity contribution is 5.89. The van der Waals surface area contributed by atoms with Crippen molar-refractivity contribution >= 4 is 11.9 Å². The van der Waals surface area contributed by atoms with Crippen LogP contribution >= 0.6 is 0 Å². The third-order valence-corrected chi connectivity index (χ3v) is 7.02. The second-order valence-electron chi connectivity index (χ2n) is 9.21. The number of carboxylic acid groups (broad SMARTS) is 1. The molecule has 2 fully saturated rings. The van der Waals surface area contributed by atoms with Gasteiger partial charge in [-0.25, -0.2) is 4.79 Å². The van der Waals surface area contributed by atoms with Gasteiger partial charge in [-0.05, 0) is 73.9 Å². The molecule has 0 unspecified atom stereocenters. The lowest BCUT2D eigenvalue weighted by atomic mass is 9.73. The average Bonchev–Trinajstić information content (AvgIpc) is 2.88. The molecule has 0 aliphatic carbocycles. The Bertz CT molecular complexity index is 960. The molecule has 1 atom stereocenters. The lowest BCUT2D eigenvalue weighted by molar-refractivity contribution is -0.131. The third-order valence-electron chi connectivity index (χ3n) is 7.02. The molecule has 7 heteroatoms. The number of rotatable bonds is 8. The van der Waals surface area contributed by atoms with Gasteiger partial charge in [-0.3, -0.25) is 4.79 Å². The van der Waals surface area contributed by atoms with E-state index in [9.17, 15) is 9.59 Å². The molecule has 0 spiro atoms. The number of ether oxygens (including phenoxy) is 3. The highest BCUT2D eigenvalue weighted by atomic mass is 16.5. The highest BCUT2D eigenvalue weighted by Gasteiger charge is 2.42. The van der Waals surface area contributed by atoms with Crippen molar-refractivity contribution in [2.24, 2.45) is 5.92 Å². The summed E-state index contributed by atoms with van der Waals surface area (Å²) in [5, 5.41) is 12.3. The number of aromatic carboxylic acids is 1. The Morgan fingerprint density at radius 1 is 1.00 bits per heavy atom. The Morgan fingerprint density at radius 3 is 2.24 bits per heavy atom. The number of benzene rings is 2. The van der Waals surface area contributed by atoms with Gasteiger partial charge in [-0.1, -0.05) is 24.3 Å². The van der Waals surface area contributed by atoms with E-state index in [0.717, 1.165) is 42.9 Å². The van der Waals surface area contributed by atoms with Crippen molar-refractivity contribution in [3.63, 3.8) is 0 Å². The molecule has 0 aromatic heterocycles. The first-order valence-electron chi connectivity index (χ1n) is 12.0. The molecule has 34 heavy (non-hydrogen) atoms. The van der Waals surface area contributed by atoms with Crippen LogP contribution in [0.3, 0.4) is 0 Å². The van der Waals surface area contributed by atoms with Crippen LogP contribution in [-0.4, -0.2) is 50.0 Å². The van der Waals surface area contributed by atoms with Crippen LogP contribution in [0.15, 0.2) is 48.5 Å². The Hall–Kier alpha value is -2.90. The Labute approximate surface area is 200 Å². The summed E-state index contributed by atoms with van der Waals surface area (Å²) in [5.41, 5.74) is 1.37. The quantitative estimate of drug-likeness (QED) is 0.607. The normalized spacial score (nSPS) is 19.2. The molecule has 182 valence electrons. The van der Waals surface area contributed by atoms with Crippen LogP contribution in [-0.2, 0) is 19.7 Å². The predicted octanol–water partition coefficient (Wildman–Crippen LogP) is 4.12. The molecule has 0 bridgehead atoms. The zero-order valence-electron chi connectivity index (χ0n) is 19.6. The smallest absolute Gasteiger partial charge is 0.335 e. The molecule has 7 nitrogen and oxygen atoms in total. The van der Waals surface area contributed by atoms with Crippen molar-refractivity contribution in [1.82, 2.24) is 5.32 Å². The summed E-state index contributed by atoms with van der Waals surface area (Å²) < 4.78 is 17.0. The van der Waals surface area contributed by atoms with Gasteiger partial charge in [0.2, 0.25) is 5.91 Å². The van der Waals surface area contributed by atoms with Gasteiger partial charge in [-0.2, -0.15) is 0 Å². The maximum Gasteiger partial charge on any atom is 0.335 e. The minimum Gasteiger partial charge on any atom is -0.493 e. The van der Waals surface area contributed by atoms with Crippen molar-refractivity contribution in [2.75, 3.05) is 33.0 Å². The molecule has 2 aromatic carbocycles. The number of carboxylic acids is 1. The summed E-state index contributed by atoms with van der Waals surface area (Å²) in [6, 6.07) is 14.3. The molecule has 2 aliphatic rings. The van der Waals surface area contributed by atoms with Gasteiger partial charge in [-0.15, -0.1) is 0 Å². The number of carbonyl (C=O) groups is 2. The summed E-state index contributed by atoms with van der Waals surface area (Å²) in [6.45, 7) is 5.24. The minimum atomic E-state index is -0.968. The van der Waals surface area contributed by atoms with Crippen LogP contribution in [0.4, 0.5) is 0 Å². The highest BCUT2D eigenvalue weighted by Crippen LogP contribution is 2.37. The first-order valence-corrected chi connectivity index (χ1v) is 12.0. The van der Waals surface area contributed by atoms with Crippen LogP contribution < -0.4 is 10.1 Å². The van der Waals surface area contributed by atoms with Gasteiger partial charge in [0.05, 0.1) is 23.6 Å². The molecule has 2 aliphatic heterocycles. The van der Waals surface area contributed by atoms with E-state index in [1.165, 1.54) is 0 Å². The second-order valence-corrected chi connectivity index (χ2v) is 9.21. The van der Waals surface area contributed by atoms with E-state index in [0.29, 0.717) is 38.6 Å². The second kappa shape index (κ2) is 11.0. The average molecular weight is 468 g/mol. The summed E-state index contributed by atoms with van der Waals surface area (Å²) in [6.07, 6.45) is 3.26. The van der Waals surface area contributed by atoms with E-state index in [1.54, 1.807) is 24.3 Å². The van der Waals surface area contributed by atoms with Crippen molar-refractivity contribution in [1.29, 1.82) is 0 Å². The first kappa shape index (κ1) is 24.2. The summed E-state index contributed by atoms with van der Waals surface area (Å²) in [5.74, 6) is 0.322. The third kappa shape index (κ3) is 5.59. The fourth-order valence-electron chi connectivity index (χ4n) is 4.70. The minimum absolute atomic E-state index is 0.0403. The zero-order chi connectivity index (χ0) is 24.0. The lowest BCUT2D eigenvalue weighted by Crippen LogP contribution is -2.48. The van der Waals surface area contributed by atoms with Gasteiger partial charge in [0, 0.05) is 26.4 Å². The van der Waals surface area contributed by atoms with Gasteiger partial charge in [0.15, 0.2) is 0 Å². The van der Waals surface area contributed by atoms with Crippen LogP contribution in [0.25, 0.3) is 0 Å². The number of carbonyl (C=O) groups excluding carboxylic acids is 1. The zero-order valence-corrected chi connectivity index (χ0v) is 19.6. The summed E-state index contributed by atoms with van der Waals surface area (Å²) >= 11 is 0. The molecule has 1 amide bonds. The van der Waals surface area contributed by atoms with Crippen molar-refractivity contribution < 1.29 is 28.9 Å². The van der Waals surface area contributed by atoms with Crippen LogP contribution in [0.2, 0.25) is 0 Å². The van der Waals surface area contributed by atoms with E-state index in [-0.39, 0.29) is 17.5 Å². The molecule has 0 radical (unpaired) electrons. The Balaban J connectivity index is 1.45. The molecular weight excluding hydrogens is 434 g/mol. The van der Waals surface area contributed by atoms with Crippen LogP contribution in [0.5, 0.6) is 5.75 Å². The standard InChI is InChI=1S/C27H33NO6/c1-19(21-2-4-22(5-3-21)25(29)30)28-26(31)27(12-16-33-17-13-27)23-6-8-24(9-7-23)34-18-20-10-14-32-15-11-20/h2-9,19-20H,10-18H2,1H3,(H,28,31)(H,29,30)/t19-/m0/s1. The monoisotopic (exact) mass is 467 g/mol. The molecular formula is C27H33NO6. The van der Waals surface area contributed by atoms with Crippen molar-refractivity contribution in [3.05, 3.63) is 65.2 Å². The fraction of sp³-hybridized carbons (Fsp3) is 0.481. The van der Waals surface area contributed by atoms with Crippen molar-refractivity contribution in [2.45, 2.75) is 44.1 Å². The van der Waals surface area contributed by atoms with Gasteiger partial charge >= 0.3 is 5.97 Å².